The summed E-state index contributed by atoms with van der Waals surface area (Å²) < 4.78 is 41.0. The number of nitrogens with zero attached hydrogens (tertiary/aromatic N) is 6. The van der Waals surface area contributed by atoms with Crippen LogP contribution in [0, 0.1) is 30.1 Å². The normalized spacial score (nSPS) is 21.8. The smallest absolute Gasteiger partial charge is 0.367 e. The zero-order chi connectivity index (χ0) is 30.4. The van der Waals surface area contributed by atoms with Gasteiger partial charge in [0.05, 0.1) is 11.8 Å². The second-order valence-electron chi connectivity index (χ2n) is 12.7. The average molecular weight is 623 g/mol. The van der Waals surface area contributed by atoms with E-state index < -0.39 is 12.6 Å². The quantitative estimate of drug-likeness (QED) is 0.281. The third-order valence-corrected chi connectivity index (χ3v) is 10.8. The van der Waals surface area contributed by atoms with Crippen molar-refractivity contribution in [2.45, 2.75) is 51.5 Å². The first-order chi connectivity index (χ1) is 21.2. The van der Waals surface area contributed by atoms with Crippen molar-refractivity contribution in [3.05, 3.63) is 52.3 Å². The number of hydrogen-bond acceptors (Lipinski definition) is 8. The zero-order valence-corrected chi connectivity index (χ0v) is 25.6. The highest BCUT2D eigenvalue weighted by atomic mass is 32.1. The maximum Gasteiger partial charge on any atom is 0.393 e. The molecular weight excluding hydrogens is 585 g/mol. The highest BCUT2D eigenvalue weighted by Gasteiger charge is 2.35. The van der Waals surface area contributed by atoms with Crippen LogP contribution in [-0.4, -0.2) is 82.4 Å². The Labute approximate surface area is 258 Å². The number of aromatic nitrogens is 3. The molecule has 0 saturated carbocycles. The number of benzene rings is 1. The second-order valence-corrected chi connectivity index (χ2v) is 13.8. The molecule has 0 spiro atoms. The monoisotopic (exact) mass is 622 g/mol. The van der Waals surface area contributed by atoms with Gasteiger partial charge in [-0.3, -0.25) is 4.90 Å². The van der Waals surface area contributed by atoms with Crippen LogP contribution in [0.2, 0.25) is 0 Å². The summed E-state index contributed by atoms with van der Waals surface area (Å²) in [5.74, 6) is 2.14. The maximum atomic E-state index is 12.9. The molecule has 12 heteroatoms. The molecule has 3 aliphatic rings. The lowest BCUT2D eigenvalue weighted by Crippen LogP contribution is -2.39. The third-order valence-electron chi connectivity index (χ3n) is 9.76. The molecule has 44 heavy (non-hydrogen) atoms. The molecule has 1 aromatic carbocycles. The zero-order valence-electron chi connectivity index (χ0n) is 24.8. The van der Waals surface area contributed by atoms with Crippen molar-refractivity contribution in [3.8, 4) is 6.07 Å². The minimum Gasteiger partial charge on any atom is -0.367 e. The molecule has 6 heterocycles. The van der Waals surface area contributed by atoms with Crippen molar-refractivity contribution in [2.75, 3.05) is 51.1 Å². The molecule has 3 fully saturated rings. The molecule has 7 rings (SSSR count). The predicted molar refractivity (Wildman–Crippen MR) is 167 cm³/mol. The van der Waals surface area contributed by atoms with Crippen LogP contribution < -0.4 is 10.6 Å². The Kier molecular flexibility index (Phi) is 7.99. The Balaban J connectivity index is 0.979. The minimum atomic E-state index is -4.25. The molecule has 0 radical (unpaired) electrons. The van der Waals surface area contributed by atoms with Gasteiger partial charge in [0.1, 0.15) is 28.7 Å². The molecule has 0 aliphatic carbocycles. The number of halogens is 3. The van der Waals surface area contributed by atoms with E-state index in [1.165, 1.54) is 17.5 Å². The van der Waals surface area contributed by atoms with E-state index >= 15 is 0 Å². The summed E-state index contributed by atoms with van der Waals surface area (Å²) in [6, 6.07) is 10.7. The van der Waals surface area contributed by atoms with E-state index in [4.69, 9.17) is 0 Å². The van der Waals surface area contributed by atoms with Gasteiger partial charge >= 0.3 is 6.18 Å². The largest absolute Gasteiger partial charge is 0.393 e. The van der Waals surface area contributed by atoms with Crippen LogP contribution in [0.15, 0.2) is 30.6 Å². The SMILES string of the molecule is Cc1c(CN2CCC(Nc3ncnc4sc(CC(F)(F)F)cc34)CC2)ccc2c1cc(C#N)n2CCN1CC2CNCC2C1. The molecular formula is C32H37F3N8S. The number of piperidine rings is 1. The number of fused-ring (bicyclic) bond motifs is 3. The second kappa shape index (κ2) is 11.9. The van der Waals surface area contributed by atoms with Crippen LogP contribution in [0.25, 0.3) is 21.1 Å². The summed E-state index contributed by atoms with van der Waals surface area (Å²) in [6.07, 6.45) is -1.95. The lowest BCUT2D eigenvalue weighted by atomic mass is 10.0. The van der Waals surface area contributed by atoms with Crippen LogP contribution in [0.4, 0.5) is 19.0 Å². The molecule has 3 aliphatic heterocycles. The molecule has 4 aromatic rings. The van der Waals surface area contributed by atoms with E-state index in [-0.39, 0.29) is 10.9 Å². The van der Waals surface area contributed by atoms with Gasteiger partial charge in [-0.05, 0) is 74.0 Å². The van der Waals surface area contributed by atoms with E-state index in [9.17, 15) is 18.4 Å². The number of anilines is 1. The summed E-state index contributed by atoms with van der Waals surface area (Å²) in [5.41, 5.74) is 4.37. The van der Waals surface area contributed by atoms with Crippen molar-refractivity contribution in [1.82, 2.24) is 29.7 Å². The number of nitriles is 1. The number of thiophene rings is 1. The molecule has 2 atom stereocenters. The molecule has 0 bridgehead atoms. The Morgan fingerprint density at radius 2 is 1.82 bits per heavy atom. The molecule has 2 unspecified atom stereocenters. The van der Waals surface area contributed by atoms with Crippen molar-refractivity contribution in [3.63, 3.8) is 0 Å². The van der Waals surface area contributed by atoms with Crippen LogP contribution in [0.5, 0.6) is 0 Å². The van der Waals surface area contributed by atoms with E-state index in [0.717, 1.165) is 112 Å². The molecule has 3 aromatic heterocycles. The first-order valence-corrected chi connectivity index (χ1v) is 16.3. The van der Waals surface area contributed by atoms with Crippen LogP contribution in [0.1, 0.15) is 34.5 Å². The number of alkyl halides is 3. The van der Waals surface area contributed by atoms with E-state index in [1.54, 1.807) is 6.07 Å². The molecule has 0 amide bonds. The highest BCUT2D eigenvalue weighted by Crippen LogP contribution is 2.34. The van der Waals surface area contributed by atoms with Crippen molar-refractivity contribution >= 4 is 38.3 Å². The molecule has 2 N–H and O–H groups in total. The third kappa shape index (κ3) is 6.03. The standard InChI is InChI=1S/C32H37F3N8S/c1-20-21(2-3-29-27(20)10-25(13-36)43(29)9-8-42-17-22-14-37-15-23(22)18-42)16-41-6-4-24(5-7-41)40-30-28-11-26(12-32(33,34)35)44-31(28)39-19-38-30/h2-3,10-11,19,22-24,37H,4-9,12,14-18H2,1H3,(H,38,39,40). The van der Waals surface area contributed by atoms with Crippen LogP contribution in [0.3, 0.4) is 0 Å². The Hall–Kier alpha value is -3.24. The molecule has 232 valence electrons. The van der Waals surface area contributed by atoms with Gasteiger partial charge in [0.15, 0.2) is 0 Å². The number of aryl methyl sites for hydroxylation is 1. The summed E-state index contributed by atoms with van der Waals surface area (Å²) in [7, 11) is 0. The number of nitrogens with one attached hydrogen (secondary N) is 2. The fraction of sp³-hybridized carbons (Fsp3) is 0.531. The van der Waals surface area contributed by atoms with Crippen LogP contribution >= 0.6 is 11.3 Å². The van der Waals surface area contributed by atoms with E-state index in [0.29, 0.717) is 16.0 Å². The highest BCUT2D eigenvalue weighted by molar-refractivity contribution is 7.18. The van der Waals surface area contributed by atoms with Gasteiger partial charge in [0.2, 0.25) is 0 Å². The Morgan fingerprint density at radius 3 is 2.55 bits per heavy atom. The topological polar surface area (TPSA) is 85.0 Å². The van der Waals surface area contributed by atoms with Gasteiger partial charge < -0.3 is 20.1 Å². The van der Waals surface area contributed by atoms with E-state index in [1.807, 2.05) is 0 Å². The lowest BCUT2D eigenvalue weighted by Gasteiger charge is -2.33. The fourth-order valence-electron chi connectivity index (χ4n) is 7.38. The summed E-state index contributed by atoms with van der Waals surface area (Å²) >= 11 is 1.08. The van der Waals surface area contributed by atoms with Crippen LogP contribution in [-0.2, 0) is 19.5 Å². The number of hydrogen-bond donors (Lipinski definition) is 2. The van der Waals surface area contributed by atoms with Gasteiger partial charge in [0.25, 0.3) is 0 Å². The lowest BCUT2D eigenvalue weighted by molar-refractivity contribution is -0.126. The van der Waals surface area contributed by atoms with Gasteiger partial charge in [-0.25, -0.2) is 9.97 Å². The molecule has 8 nitrogen and oxygen atoms in total. The first kappa shape index (κ1) is 29.5. The maximum absolute atomic E-state index is 12.9. The average Bonchev–Trinajstić information content (AvgIpc) is 3.76. The molecule has 3 saturated heterocycles. The van der Waals surface area contributed by atoms with Crippen molar-refractivity contribution < 1.29 is 13.2 Å². The minimum absolute atomic E-state index is 0.192. The van der Waals surface area contributed by atoms with Gasteiger partial charge in [-0.15, -0.1) is 11.3 Å². The summed E-state index contributed by atoms with van der Waals surface area (Å²) in [5, 5.41) is 18.8. The summed E-state index contributed by atoms with van der Waals surface area (Å²) in [4.78, 5) is 14.4. The Morgan fingerprint density at radius 1 is 1.05 bits per heavy atom. The van der Waals surface area contributed by atoms with Gasteiger partial charge in [0, 0.05) is 67.6 Å². The first-order valence-electron chi connectivity index (χ1n) is 15.5. The van der Waals surface area contributed by atoms with Crippen molar-refractivity contribution in [1.29, 1.82) is 5.26 Å². The summed E-state index contributed by atoms with van der Waals surface area (Å²) in [6.45, 7) is 11.2. The van der Waals surface area contributed by atoms with Crippen molar-refractivity contribution in [2.24, 2.45) is 11.8 Å². The van der Waals surface area contributed by atoms with Gasteiger partial charge in [-0.1, -0.05) is 6.07 Å². The van der Waals surface area contributed by atoms with Gasteiger partial charge in [-0.2, -0.15) is 18.4 Å². The number of rotatable bonds is 8. The van der Waals surface area contributed by atoms with E-state index in [2.05, 4.69) is 66.2 Å². The fourth-order valence-corrected chi connectivity index (χ4v) is 8.40. The Bertz CT molecular complexity index is 1690. The number of likely N-dealkylation sites (tertiary alicyclic amines) is 2. The predicted octanol–water partition coefficient (Wildman–Crippen LogP) is 5.16.